The number of hydrogen-bond acceptors (Lipinski definition) is 8. The molecule has 9 nitrogen and oxygen atoms in total. The second kappa shape index (κ2) is 8.43. The highest BCUT2D eigenvalue weighted by molar-refractivity contribution is 7.99. The summed E-state index contributed by atoms with van der Waals surface area (Å²) in [5, 5.41) is 15.3. The summed E-state index contributed by atoms with van der Waals surface area (Å²) in [6.45, 7) is 1.40. The molecule has 5 rings (SSSR count). The second-order valence-corrected chi connectivity index (χ2v) is 8.89. The van der Waals surface area contributed by atoms with E-state index in [4.69, 9.17) is 14.2 Å². The maximum atomic E-state index is 12.5. The molecule has 2 fully saturated rings. The number of anilines is 1. The van der Waals surface area contributed by atoms with Crippen LogP contribution >= 0.6 is 11.8 Å². The van der Waals surface area contributed by atoms with Crippen LogP contribution < -0.4 is 14.8 Å². The van der Waals surface area contributed by atoms with E-state index in [0.29, 0.717) is 23.1 Å². The Morgan fingerprint density at radius 1 is 1.20 bits per heavy atom. The van der Waals surface area contributed by atoms with Crippen molar-refractivity contribution < 1.29 is 19.0 Å². The van der Waals surface area contributed by atoms with Crippen LogP contribution in [0.3, 0.4) is 0 Å². The van der Waals surface area contributed by atoms with E-state index < -0.39 is 5.79 Å². The zero-order chi connectivity index (χ0) is 20.4. The van der Waals surface area contributed by atoms with E-state index in [-0.39, 0.29) is 17.8 Å². The molecule has 2 aromatic rings. The van der Waals surface area contributed by atoms with Crippen LogP contribution in [0.15, 0.2) is 23.4 Å². The zero-order valence-corrected chi connectivity index (χ0v) is 17.5. The molecule has 1 atom stereocenters. The molecule has 3 aliphatic rings. The van der Waals surface area contributed by atoms with Crippen molar-refractivity contribution in [3.8, 4) is 11.5 Å². The highest BCUT2D eigenvalue weighted by Gasteiger charge is 2.42. The van der Waals surface area contributed by atoms with Crippen LogP contribution in [-0.2, 0) is 16.1 Å². The summed E-state index contributed by atoms with van der Waals surface area (Å²) >= 11 is 1.31. The SMILES string of the molecule is O=C(CSc1nnnn1C[C@@H]1CCCO1)Nc1ccc2c(c1)OC1(CCCCC1)O2. The first-order chi connectivity index (χ1) is 14.7. The number of hydrogen-bond donors (Lipinski definition) is 1. The molecular weight excluding hydrogens is 406 g/mol. The number of nitrogens with zero attached hydrogens (tertiary/aromatic N) is 4. The lowest BCUT2D eigenvalue weighted by Crippen LogP contribution is -2.40. The Morgan fingerprint density at radius 2 is 2.07 bits per heavy atom. The second-order valence-electron chi connectivity index (χ2n) is 7.95. The number of thioether (sulfide) groups is 1. The Kier molecular flexibility index (Phi) is 5.51. The molecule has 0 bridgehead atoms. The topological polar surface area (TPSA) is 100 Å². The van der Waals surface area contributed by atoms with Crippen molar-refractivity contribution in [1.29, 1.82) is 0 Å². The zero-order valence-electron chi connectivity index (χ0n) is 16.7. The standard InChI is InChI=1S/C20H25N5O4S/c26-18(13-30-19-22-23-24-25(19)12-15-5-4-10-27-15)21-14-6-7-16-17(11-14)29-20(28-16)8-2-1-3-9-20/h6-7,11,15H,1-5,8-10,12-13H2,(H,21,26)/t15-/m0/s1. The van der Waals surface area contributed by atoms with Gasteiger partial charge in [-0.25, -0.2) is 4.68 Å². The third-order valence-electron chi connectivity index (χ3n) is 5.67. The van der Waals surface area contributed by atoms with E-state index in [9.17, 15) is 4.79 Å². The molecule has 1 aliphatic carbocycles. The molecule has 3 heterocycles. The fraction of sp³-hybridized carbons (Fsp3) is 0.600. The average molecular weight is 432 g/mol. The highest BCUT2D eigenvalue weighted by Crippen LogP contribution is 2.46. The number of ether oxygens (including phenoxy) is 3. The van der Waals surface area contributed by atoms with Gasteiger partial charge in [0, 0.05) is 31.2 Å². The lowest BCUT2D eigenvalue weighted by molar-refractivity contribution is -0.113. The summed E-state index contributed by atoms with van der Waals surface area (Å²) in [5.74, 6) is 1.02. The van der Waals surface area contributed by atoms with Gasteiger partial charge in [0.15, 0.2) is 11.5 Å². The highest BCUT2D eigenvalue weighted by atomic mass is 32.2. The van der Waals surface area contributed by atoms with Crippen LogP contribution in [0.4, 0.5) is 5.69 Å². The molecular formula is C20H25N5O4S. The number of carbonyl (C=O) groups is 1. The van der Waals surface area contributed by atoms with Crippen LogP contribution in [-0.4, -0.2) is 50.4 Å². The number of rotatable bonds is 6. The van der Waals surface area contributed by atoms with Gasteiger partial charge in [-0.2, -0.15) is 0 Å². The number of fused-ring (bicyclic) bond motifs is 1. The monoisotopic (exact) mass is 431 g/mol. The Labute approximate surface area is 178 Å². The smallest absolute Gasteiger partial charge is 0.251 e. The minimum absolute atomic E-state index is 0.127. The van der Waals surface area contributed by atoms with Gasteiger partial charge in [0.1, 0.15) is 0 Å². The van der Waals surface area contributed by atoms with Gasteiger partial charge >= 0.3 is 0 Å². The molecule has 1 aromatic carbocycles. The maximum absolute atomic E-state index is 12.5. The number of aromatic nitrogens is 4. The number of tetrazole rings is 1. The Balaban J connectivity index is 1.16. The van der Waals surface area contributed by atoms with Gasteiger partial charge in [0.25, 0.3) is 5.79 Å². The summed E-state index contributed by atoms with van der Waals surface area (Å²) in [5.41, 5.74) is 0.690. The third-order valence-corrected chi connectivity index (χ3v) is 6.62. The molecule has 2 aliphatic heterocycles. The third kappa shape index (κ3) is 4.24. The van der Waals surface area contributed by atoms with Crippen LogP contribution in [0.25, 0.3) is 0 Å². The predicted octanol–water partition coefficient (Wildman–Crippen LogP) is 3.01. The molecule has 1 amide bonds. The van der Waals surface area contributed by atoms with E-state index in [0.717, 1.165) is 50.9 Å². The molecule has 1 spiro atoms. The molecule has 160 valence electrons. The van der Waals surface area contributed by atoms with E-state index in [1.54, 1.807) is 4.68 Å². The van der Waals surface area contributed by atoms with Gasteiger partial charge in [0.05, 0.1) is 18.4 Å². The summed E-state index contributed by atoms with van der Waals surface area (Å²) in [6.07, 6.45) is 7.47. The molecule has 1 saturated carbocycles. The van der Waals surface area contributed by atoms with Gasteiger partial charge in [-0.1, -0.05) is 18.2 Å². The lowest BCUT2D eigenvalue weighted by Gasteiger charge is -2.31. The summed E-state index contributed by atoms with van der Waals surface area (Å²) in [6, 6.07) is 5.54. The minimum Gasteiger partial charge on any atom is -0.448 e. The van der Waals surface area contributed by atoms with E-state index in [1.807, 2.05) is 18.2 Å². The van der Waals surface area contributed by atoms with Gasteiger partial charge in [-0.05, 0) is 48.2 Å². The van der Waals surface area contributed by atoms with Crippen molar-refractivity contribution >= 4 is 23.4 Å². The van der Waals surface area contributed by atoms with Crippen molar-refractivity contribution in [3.05, 3.63) is 18.2 Å². The largest absolute Gasteiger partial charge is 0.448 e. The number of amides is 1. The molecule has 1 saturated heterocycles. The Hall–Kier alpha value is -2.33. The molecule has 10 heteroatoms. The summed E-state index contributed by atoms with van der Waals surface area (Å²) in [4.78, 5) is 12.5. The molecule has 1 aromatic heterocycles. The van der Waals surface area contributed by atoms with Gasteiger partial charge < -0.3 is 19.5 Å². The van der Waals surface area contributed by atoms with Gasteiger partial charge in [0.2, 0.25) is 11.1 Å². The van der Waals surface area contributed by atoms with Crippen LogP contribution in [0.1, 0.15) is 44.9 Å². The normalized spacial score (nSPS) is 21.8. The van der Waals surface area contributed by atoms with E-state index in [1.165, 1.54) is 18.2 Å². The number of carbonyl (C=O) groups excluding carboxylic acids is 1. The van der Waals surface area contributed by atoms with Crippen molar-refractivity contribution in [3.63, 3.8) is 0 Å². The van der Waals surface area contributed by atoms with Gasteiger partial charge in [-0.3, -0.25) is 4.79 Å². The van der Waals surface area contributed by atoms with Crippen molar-refractivity contribution in [2.45, 2.75) is 68.5 Å². The first kappa shape index (κ1) is 19.6. The Morgan fingerprint density at radius 3 is 2.90 bits per heavy atom. The van der Waals surface area contributed by atoms with Crippen LogP contribution in [0, 0.1) is 0 Å². The Bertz CT molecular complexity index is 908. The fourth-order valence-electron chi connectivity index (χ4n) is 4.19. The molecule has 0 unspecified atom stereocenters. The summed E-state index contributed by atoms with van der Waals surface area (Å²) in [7, 11) is 0. The first-order valence-corrected chi connectivity index (χ1v) is 11.5. The molecule has 30 heavy (non-hydrogen) atoms. The van der Waals surface area contributed by atoms with Crippen molar-refractivity contribution in [1.82, 2.24) is 20.2 Å². The average Bonchev–Trinajstić information content (AvgIpc) is 3.48. The van der Waals surface area contributed by atoms with Crippen molar-refractivity contribution in [2.24, 2.45) is 0 Å². The fourth-order valence-corrected chi connectivity index (χ4v) is 4.88. The van der Waals surface area contributed by atoms with E-state index >= 15 is 0 Å². The molecule has 0 radical (unpaired) electrons. The number of benzene rings is 1. The first-order valence-electron chi connectivity index (χ1n) is 10.5. The summed E-state index contributed by atoms with van der Waals surface area (Å²) < 4.78 is 19.6. The minimum atomic E-state index is -0.515. The quantitative estimate of drug-likeness (QED) is 0.697. The van der Waals surface area contributed by atoms with Crippen LogP contribution in [0.5, 0.6) is 11.5 Å². The molecule has 1 N–H and O–H groups in total. The van der Waals surface area contributed by atoms with Crippen molar-refractivity contribution in [2.75, 3.05) is 17.7 Å². The van der Waals surface area contributed by atoms with Gasteiger partial charge in [-0.15, -0.1) is 5.10 Å². The number of nitrogens with one attached hydrogen (secondary N) is 1. The van der Waals surface area contributed by atoms with Crippen LogP contribution in [0.2, 0.25) is 0 Å². The van der Waals surface area contributed by atoms with E-state index in [2.05, 4.69) is 20.8 Å². The lowest BCUT2D eigenvalue weighted by atomic mass is 9.94. The maximum Gasteiger partial charge on any atom is 0.251 e. The predicted molar refractivity (Wildman–Crippen MR) is 110 cm³/mol.